The maximum Gasteiger partial charge on any atom is 0.341 e. The molecule has 1 rings (SSSR count). The van der Waals surface area contributed by atoms with Gasteiger partial charge in [0.15, 0.2) is 0 Å². The van der Waals surface area contributed by atoms with Crippen LogP contribution in [0.3, 0.4) is 0 Å². The Morgan fingerprint density at radius 1 is 1.57 bits per heavy atom. The fourth-order valence-electron chi connectivity index (χ4n) is 0.847. The van der Waals surface area contributed by atoms with Crippen LogP contribution in [0.4, 0.5) is 4.39 Å². The Morgan fingerprint density at radius 3 is 2.64 bits per heavy atom. The summed E-state index contributed by atoms with van der Waals surface area (Å²) in [4.78, 5) is 13.9. The van der Waals surface area contributed by atoms with Gasteiger partial charge in [-0.15, -0.1) is 0 Å². The molecule has 0 aliphatic rings. The van der Waals surface area contributed by atoms with Gasteiger partial charge < -0.3 is 10.2 Å². The first-order valence-corrected chi connectivity index (χ1v) is 4.48. The van der Waals surface area contributed by atoms with Crippen LogP contribution in [0.1, 0.15) is 11.8 Å². The van der Waals surface area contributed by atoms with E-state index in [4.69, 9.17) is 5.11 Å². The third-order valence-corrected chi connectivity index (χ3v) is 2.04. The van der Waals surface area contributed by atoms with E-state index in [-0.39, 0.29) is 5.69 Å². The van der Waals surface area contributed by atoms with Gasteiger partial charge in [-0.1, -0.05) is 0 Å². The standard InChI is InChI=1S/C8H7BrFNO3/c9-4-1-2-5(11-3-4)7(12)6(10)8(13)14/h1-3,6-7,12H,(H,13,14). The first-order chi connectivity index (χ1) is 6.52. The number of rotatable bonds is 3. The highest BCUT2D eigenvalue weighted by Crippen LogP contribution is 2.18. The van der Waals surface area contributed by atoms with Gasteiger partial charge in [-0.25, -0.2) is 9.18 Å². The molecule has 0 aliphatic heterocycles. The second-order valence-corrected chi connectivity index (χ2v) is 3.50. The van der Waals surface area contributed by atoms with Crippen LogP contribution in [0.25, 0.3) is 0 Å². The van der Waals surface area contributed by atoms with Crippen molar-refractivity contribution in [1.82, 2.24) is 4.98 Å². The molecular weight excluding hydrogens is 257 g/mol. The van der Waals surface area contributed by atoms with Crippen LogP contribution >= 0.6 is 15.9 Å². The Hall–Kier alpha value is -1.01. The molecule has 1 aromatic rings. The molecule has 0 saturated heterocycles. The quantitative estimate of drug-likeness (QED) is 0.863. The number of nitrogens with zero attached hydrogens (tertiary/aromatic N) is 1. The molecule has 1 aromatic heterocycles. The van der Waals surface area contributed by atoms with E-state index in [1.165, 1.54) is 12.3 Å². The monoisotopic (exact) mass is 263 g/mol. The Morgan fingerprint density at radius 2 is 2.21 bits per heavy atom. The van der Waals surface area contributed by atoms with Gasteiger partial charge in [0.2, 0.25) is 6.17 Å². The minimum absolute atomic E-state index is 0.0110. The highest BCUT2D eigenvalue weighted by molar-refractivity contribution is 9.10. The number of hydrogen-bond donors (Lipinski definition) is 2. The largest absolute Gasteiger partial charge is 0.479 e. The number of pyridine rings is 1. The van der Waals surface area contributed by atoms with Gasteiger partial charge in [-0.05, 0) is 28.1 Å². The molecule has 2 N–H and O–H groups in total. The number of halogens is 2. The van der Waals surface area contributed by atoms with Gasteiger partial charge in [0.25, 0.3) is 0 Å². The molecule has 6 heteroatoms. The number of aliphatic carboxylic acids is 1. The molecule has 0 aromatic carbocycles. The third kappa shape index (κ3) is 2.49. The van der Waals surface area contributed by atoms with E-state index in [0.29, 0.717) is 4.47 Å². The molecule has 14 heavy (non-hydrogen) atoms. The van der Waals surface area contributed by atoms with Crippen LogP contribution in [-0.4, -0.2) is 27.3 Å². The van der Waals surface area contributed by atoms with Crippen molar-refractivity contribution in [2.75, 3.05) is 0 Å². The van der Waals surface area contributed by atoms with Crippen LogP contribution in [0, 0.1) is 0 Å². The van der Waals surface area contributed by atoms with E-state index in [9.17, 15) is 14.3 Å². The first kappa shape index (κ1) is 11.1. The second-order valence-electron chi connectivity index (χ2n) is 2.59. The third-order valence-electron chi connectivity index (χ3n) is 1.57. The van der Waals surface area contributed by atoms with Gasteiger partial charge in [0.1, 0.15) is 6.10 Å². The van der Waals surface area contributed by atoms with Crippen LogP contribution in [0.5, 0.6) is 0 Å². The summed E-state index contributed by atoms with van der Waals surface area (Å²) >= 11 is 3.11. The Balaban J connectivity index is 2.84. The molecule has 0 fully saturated rings. The molecule has 2 atom stereocenters. The summed E-state index contributed by atoms with van der Waals surface area (Å²) in [6, 6.07) is 2.89. The molecule has 0 saturated carbocycles. The van der Waals surface area contributed by atoms with Crippen molar-refractivity contribution in [3.05, 3.63) is 28.5 Å². The van der Waals surface area contributed by atoms with E-state index in [1.54, 1.807) is 6.07 Å². The molecule has 1 heterocycles. The number of alkyl halides is 1. The van der Waals surface area contributed by atoms with Crippen molar-refractivity contribution < 1.29 is 19.4 Å². The lowest BCUT2D eigenvalue weighted by atomic mass is 10.1. The first-order valence-electron chi connectivity index (χ1n) is 3.68. The lowest BCUT2D eigenvalue weighted by Gasteiger charge is -2.10. The number of aromatic nitrogens is 1. The number of hydrogen-bond acceptors (Lipinski definition) is 3. The summed E-state index contributed by atoms with van der Waals surface area (Å²) in [5.41, 5.74) is -0.0110. The minimum atomic E-state index is -2.36. The van der Waals surface area contributed by atoms with E-state index in [0.717, 1.165) is 0 Å². The number of aliphatic hydroxyl groups excluding tert-OH is 1. The average Bonchev–Trinajstić information content (AvgIpc) is 2.16. The van der Waals surface area contributed by atoms with Crippen LogP contribution in [-0.2, 0) is 4.79 Å². The smallest absolute Gasteiger partial charge is 0.341 e. The number of aliphatic hydroxyl groups is 1. The second kappa shape index (κ2) is 4.47. The van der Waals surface area contributed by atoms with Gasteiger partial charge in [0, 0.05) is 10.7 Å². The van der Waals surface area contributed by atoms with Crippen LogP contribution < -0.4 is 0 Å². The maximum absolute atomic E-state index is 12.8. The normalized spacial score (nSPS) is 14.8. The topological polar surface area (TPSA) is 70.4 Å². The Kier molecular flexibility index (Phi) is 3.54. The molecule has 4 nitrogen and oxygen atoms in total. The summed E-state index contributed by atoms with van der Waals surface area (Å²) in [7, 11) is 0. The zero-order chi connectivity index (χ0) is 10.7. The van der Waals surface area contributed by atoms with Gasteiger partial charge in [-0.3, -0.25) is 4.98 Å². The van der Waals surface area contributed by atoms with E-state index < -0.39 is 18.2 Å². The zero-order valence-electron chi connectivity index (χ0n) is 6.89. The molecule has 0 bridgehead atoms. The van der Waals surface area contributed by atoms with Gasteiger partial charge >= 0.3 is 5.97 Å². The van der Waals surface area contributed by atoms with Crippen LogP contribution in [0.2, 0.25) is 0 Å². The summed E-state index contributed by atoms with van der Waals surface area (Å²) in [6.45, 7) is 0. The predicted molar refractivity (Wildman–Crippen MR) is 49.4 cm³/mol. The zero-order valence-corrected chi connectivity index (χ0v) is 8.48. The van der Waals surface area contributed by atoms with Crippen molar-refractivity contribution >= 4 is 21.9 Å². The summed E-state index contributed by atoms with van der Waals surface area (Å²) in [5, 5.41) is 17.5. The predicted octanol–water partition coefficient (Wildman–Crippen LogP) is 1.30. The van der Waals surface area contributed by atoms with Crippen LogP contribution in [0.15, 0.2) is 22.8 Å². The van der Waals surface area contributed by atoms with Crippen molar-refractivity contribution in [2.45, 2.75) is 12.3 Å². The van der Waals surface area contributed by atoms with Crippen molar-refractivity contribution in [3.8, 4) is 0 Å². The highest BCUT2D eigenvalue weighted by Gasteiger charge is 2.28. The van der Waals surface area contributed by atoms with E-state index >= 15 is 0 Å². The molecule has 0 aliphatic carbocycles. The number of carboxylic acids is 1. The minimum Gasteiger partial charge on any atom is -0.479 e. The summed E-state index contributed by atoms with van der Waals surface area (Å²) in [6.07, 6.45) is -2.74. The lowest BCUT2D eigenvalue weighted by Crippen LogP contribution is -2.23. The Bertz CT molecular complexity index is 330. The van der Waals surface area contributed by atoms with Crippen molar-refractivity contribution in [1.29, 1.82) is 0 Å². The van der Waals surface area contributed by atoms with Gasteiger partial charge in [-0.2, -0.15) is 0 Å². The van der Waals surface area contributed by atoms with Crippen molar-refractivity contribution in [2.24, 2.45) is 0 Å². The van der Waals surface area contributed by atoms with Gasteiger partial charge in [0.05, 0.1) is 5.69 Å². The molecular formula is C8H7BrFNO3. The molecule has 0 radical (unpaired) electrons. The molecule has 0 spiro atoms. The highest BCUT2D eigenvalue weighted by atomic mass is 79.9. The molecule has 0 amide bonds. The lowest BCUT2D eigenvalue weighted by molar-refractivity contribution is -0.147. The van der Waals surface area contributed by atoms with Crippen molar-refractivity contribution in [3.63, 3.8) is 0 Å². The van der Waals surface area contributed by atoms with E-state index in [1.807, 2.05) is 0 Å². The SMILES string of the molecule is O=C(O)C(F)C(O)c1ccc(Br)cn1. The average molecular weight is 264 g/mol. The maximum atomic E-state index is 12.8. The molecule has 2 unspecified atom stereocenters. The number of carboxylic acid groups (broad SMARTS) is 1. The summed E-state index contributed by atoms with van der Waals surface area (Å²) < 4.78 is 13.5. The fourth-order valence-corrected chi connectivity index (χ4v) is 1.08. The van der Waals surface area contributed by atoms with E-state index in [2.05, 4.69) is 20.9 Å². The molecule has 76 valence electrons. The fraction of sp³-hybridized carbons (Fsp3) is 0.250. The Labute approximate surface area is 87.5 Å². The summed E-state index contributed by atoms with van der Waals surface area (Å²) in [5.74, 6) is -1.71. The number of carbonyl (C=O) groups is 1.